The summed E-state index contributed by atoms with van der Waals surface area (Å²) in [6, 6.07) is 7.93. The van der Waals surface area contributed by atoms with Crippen molar-refractivity contribution < 1.29 is 9.53 Å². The lowest BCUT2D eigenvalue weighted by Crippen LogP contribution is -2.28. The van der Waals surface area contributed by atoms with Crippen LogP contribution in [0.4, 0.5) is 5.69 Å². The van der Waals surface area contributed by atoms with Crippen molar-refractivity contribution in [3.63, 3.8) is 0 Å². The molecule has 0 aromatic heterocycles. The molecule has 1 aliphatic rings. The van der Waals surface area contributed by atoms with Crippen molar-refractivity contribution in [3.8, 4) is 0 Å². The zero-order valence-corrected chi connectivity index (χ0v) is 13.0. The summed E-state index contributed by atoms with van der Waals surface area (Å²) >= 11 is 0. The number of carbonyl (C=O) groups excluding carboxylic acids is 1. The quantitative estimate of drug-likeness (QED) is 0.812. The van der Waals surface area contributed by atoms with Gasteiger partial charge in [0, 0.05) is 18.2 Å². The summed E-state index contributed by atoms with van der Waals surface area (Å²) < 4.78 is 5.88. The lowest BCUT2D eigenvalue weighted by molar-refractivity contribution is -0.119. The van der Waals surface area contributed by atoms with Gasteiger partial charge >= 0.3 is 0 Å². The van der Waals surface area contributed by atoms with Crippen LogP contribution in [0.1, 0.15) is 38.2 Å². The number of carbonyl (C=O) groups is 1. The van der Waals surface area contributed by atoms with Gasteiger partial charge < -0.3 is 15.4 Å². The zero-order valence-electron chi connectivity index (χ0n) is 13.0. The summed E-state index contributed by atoms with van der Waals surface area (Å²) in [5.41, 5.74) is 2.00. The minimum Gasteiger partial charge on any atom is -0.374 e. The van der Waals surface area contributed by atoms with Crippen molar-refractivity contribution in [2.24, 2.45) is 5.92 Å². The van der Waals surface area contributed by atoms with E-state index in [0.717, 1.165) is 11.3 Å². The Kier molecular flexibility index (Phi) is 6.21. The van der Waals surface area contributed by atoms with E-state index in [-0.39, 0.29) is 11.8 Å². The van der Waals surface area contributed by atoms with Gasteiger partial charge in [0.2, 0.25) is 5.91 Å². The Bertz CT molecular complexity index is 439. The van der Waals surface area contributed by atoms with Crippen LogP contribution in [0.15, 0.2) is 24.3 Å². The number of nitrogens with one attached hydrogen (secondary N) is 2. The van der Waals surface area contributed by atoms with Gasteiger partial charge in [-0.05, 0) is 37.6 Å². The molecule has 0 spiro atoms. The Morgan fingerprint density at radius 1 is 1.29 bits per heavy atom. The fourth-order valence-electron chi connectivity index (χ4n) is 2.62. The van der Waals surface area contributed by atoms with E-state index in [4.69, 9.17) is 4.74 Å². The number of rotatable bonds is 7. The molecule has 1 saturated carbocycles. The largest absolute Gasteiger partial charge is 0.374 e. The second-order valence-corrected chi connectivity index (χ2v) is 5.86. The fourth-order valence-corrected chi connectivity index (χ4v) is 2.62. The maximum Gasteiger partial charge on any atom is 0.228 e. The van der Waals surface area contributed by atoms with Crippen LogP contribution in [-0.2, 0) is 16.1 Å². The predicted molar refractivity (Wildman–Crippen MR) is 85.2 cm³/mol. The van der Waals surface area contributed by atoms with Crippen molar-refractivity contribution in [2.45, 2.75) is 45.3 Å². The summed E-state index contributed by atoms with van der Waals surface area (Å²) in [6.07, 6.45) is 5.40. The average Bonchev–Trinajstić information content (AvgIpc) is 3.00. The number of ether oxygens (including phenoxy) is 1. The first-order valence-electron chi connectivity index (χ1n) is 7.85. The minimum atomic E-state index is -0.0413. The second-order valence-electron chi connectivity index (χ2n) is 5.86. The van der Waals surface area contributed by atoms with E-state index in [1.165, 1.54) is 25.7 Å². The molecule has 0 aliphatic heterocycles. The van der Waals surface area contributed by atoms with Gasteiger partial charge in [0.1, 0.15) is 0 Å². The summed E-state index contributed by atoms with van der Waals surface area (Å²) in [5, 5.41) is 5.94. The summed E-state index contributed by atoms with van der Waals surface area (Å²) in [6.45, 7) is 3.25. The second kappa shape index (κ2) is 8.15. The molecule has 1 aromatic carbocycles. The molecule has 1 atom stereocenters. The maximum atomic E-state index is 11.9. The van der Waals surface area contributed by atoms with E-state index in [9.17, 15) is 4.79 Å². The highest BCUT2D eigenvalue weighted by molar-refractivity contribution is 5.92. The number of hydrogen-bond donors (Lipinski definition) is 2. The third-order valence-corrected chi connectivity index (χ3v) is 3.97. The third kappa shape index (κ3) is 5.14. The lowest BCUT2D eigenvalue weighted by Gasteiger charge is -2.13. The first kappa shape index (κ1) is 16.0. The van der Waals surface area contributed by atoms with E-state index >= 15 is 0 Å². The Hall–Kier alpha value is -1.39. The summed E-state index contributed by atoms with van der Waals surface area (Å²) in [5.74, 6) is -0.000294. The smallest absolute Gasteiger partial charge is 0.228 e. The molecule has 0 heterocycles. The molecule has 2 N–H and O–H groups in total. The molecule has 0 saturated heterocycles. The van der Waals surface area contributed by atoms with Crippen LogP contribution in [0.5, 0.6) is 0 Å². The van der Waals surface area contributed by atoms with Crippen LogP contribution < -0.4 is 10.6 Å². The van der Waals surface area contributed by atoms with E-state index in [1.54, 1.807) is 0 Å². The molecule has 1 unspecified atom stereocenters. The van der Waals surface area contributed by atoms with Crippen molar-refractivity contribution in [1.82, 2.24) is 5.32 Å². The Morgan fingerprint density at radius 3 is 2.57 bits per heavy atom. The van der Waals surface area contributed by atoms with Crippen molar-refractivity contribution in [2.75, 3.05) is 18.9 Å². The highest BCUT2D eigenvalue weighted by Gasteiger charge is 2.15. The van der Waals surface area contributed by atoms with Crippen LogP contribution >= 0.6 is 0 Å². The molecule has 21 heavy (non-hydrogen) atoms. The molecule has 116 valence electrons. The molecule has 1 aromatic rings. The van der Waals surface area contributed by atoms with Crippen LogP contribution in [0.2, 0.25) is 0 Å². The van der Waals surface area contributed by atoms with Gasteiger partial charge in [-0.3, -0.25) is 4.79 Å². The van der Waals surface area contributed by atoms with E-state index < -0.39 is 0 Å². The first-order valence-corrected chi connectivity index (χ1v) is 7.85. The van der Waals surface area contributed by atoms with Gasteiger partial charge in [-0.25, -0.2) is 0 Å². The molecular weight excluding hydrogens is 264 g/mol. The summed E-state index contributed by atoms with van der Waals surface area (Å²) in [4.78, 5) is 11.9. The topological polar surface area (TPSA) is 50.4 Å². The Balaban J connectivity index is 1.79. The van der Waals surface area contributed by atoms with Crippen molar-refractivity contribution in [1.29, 1.82) is 0 Å². The van der Waals surface area contributed by atoms with Gasteiger partial charge in [-0.15, -0.1) is 0 Å². The maximum absolute atomic E-state index is 11.9. The number of amides is 1. The predicted octanol–water partition coefficient (Wildman–Crippen LogP) is 2.94. The van der Waals surface area contributed by atoms with Crippen LogP contribution in [0, 0.1) is 5.92 Å². The highest BCUT2D eigenvalue weighted by atomic mass is 16.5. The highest BCUT2D eigenvalue weighted by Crippen LogP contribution is 2.22. The van der Waals surface area contributed by atoms with Crippen LogP contribution in [-0.4, -0.2) is 25.6 Å². The van der Waals surface area contributed by atoms with Gasteiger partial charge in [0.25, 0.3) is 0 Å². The number of anilines is 1. The molecule has 0 radical (unpaired) electrons. The number of benzene rings is 1. The lowest BCUT2D eigenvalue weighted by atomic mass is 10.1. The third-order valence-electron chi connectivity index (χ3n) is 3.97. The average molecular weight is 290 g/mol. The molecule has 1 amide bonds. The number of hydrogen-bond acceptors (Lipinski definition) is 3. The Morgan fingerprint density at radius 2 is 1.95 bits per heavy atom. The van der Waals surface area contributed by atoms with E-state index in [2.05, 4.69) is 10.6 Å². The molecular formula is C17H26N2O2. The SMILES string of the molecule is CNCC(C)C(=O)Nc1ccc(COC2CCCC2)cc1. The summed E-state index contributed by atoms with van der Waals surface area (Å²) in [7, 11) is 1.85. The standard InChI is InChI=1S/C17H26N2O2/c1-13(11-18-2)17(20)19-15-9-7-14(8-10-15)12-21-16-5-3-4-6-16/h7-10,13,16,18H,3-6,11-12H2,1-2H3,(H,19,20). The van der Waals surface area contributed by atoms with Gasteiger partial charge in [-0.2, -0.15) is 0 Å². The van der Waals surface area contributed by atoms with Crippen LogP contribution in [0.3, 0.4) is 0 Å². The first-order chi connectivity index (χ1) is 10.2. The molecule has 2 rings (SSSR count). The minimum absolute atomic E-state index is 0.0410. The molecule has 4 heteroatoms. The van der Waals surface area contributed by atoms with Crippen LogP contribution in [0.25, 0.3) is 0 Å². The van der Waals surface area contributed by atoms with E-state index in [1.807, 2.05) is 38.2 Å². The zero-order chi connectivity index (χ0) is 15.1. The molecule has 1 aliphatic carbocycles. The monoisotopic (exact) mass is 290 g/mol. The van der Waals surface area contributed by atoms with Crippen molar-refractivity contribution in [3.05, 3.63) is 29.8 Å². The van der Waals surface area contributed by atoms with Gasteiger partial charge in [0.15, 0.2) is 0 Å². The van der Waals surface area contributed by atoms with Crippen molar-refractivity contribution >= 4 is 11.6 Å². The molecule has 0 bridgehead atoms. The normalized spacial score (nSPS) is 16.9. The van der Waals surface area contributed by atoms with Gasteiger partial charge in [0.05, 0.1) is 12.7 Å². The molecule has 1 fully saturated rings. The molecule has 4 nitrogen and oxygen atoms in total. The van der Waals surface area contributed by atoms with E-state index in [0.29, 0.717) is 19.3 Å². The Labute approximate surface area is 127 Å². The fraction of sp³-hybridized carbons (Fsp3) is 0.588. The van der Waals surface area contributed by atoms with Gasteiger partial charge in [-0.1, -0.05) is 31.9 Å².